The molecule has 16 heavy (non-hydrogen) atoms. The maximum absolute atomic E-state index is 11.3. The average molecular weight is 325 g/mol. The van der Waals surface area contributed by atoms with Crippen molar-refractivity contribution in [3.63, 3.8) is 0 Å². The van der Waals surface area contributed by atoms with Crippen LogP contribution in [0.4, 0.5) is 5.69 Å². The van der Waals surface area contributed by atoms with Crippen molar-refractivity contribution >= 4 is 43.1 Å². The predicted octanol–water partition coefficient (Wildman–Crippen LogP) is 2.34. The first-order valence-electron chi connectivity index (χ1n) is 4.88. The summed E-state index contributed by atoms with van der Waals surface area (Å²) in [5, 5.41) is 0.644. The summed E-state index contributed by atoms with van der Waals surface area (Å²) in [6.07, 6.45) is 0. The predicted molar refractivity (Wildman–Crippen MR) is 70.0 cm³/mol. The van der Waals surface area contributed by atoms with Crippen molar-refractivity contribution in [2.24, 2.45) is 0 Å². The molecule has 1 heterocycles. The Morgan fingerprint density at radius 1 is 1.25 bits per heavy atom. The van der Waals surface area contributed by atoms with Crippen molar-refractivity contribution in [1.82, 2.24) is 0 Å². The molecule has 3 nitrogen and oxygen atoms in total. The van der Waals surface area contributed by atoms with Crippen LogP contribution >= 0.6 is 27.5 Å². The Kier molecular flexibility index (Phi) is 3.47. The van der Waals surface area contributed by atoms with Crippen LogP contribution < -0.4 is 4.90 Å². The number of rotatable bonds is 1. The van der Waals surface area contributed by atoms with E-state index in [1.165, 1.54) is 0 Å². The van der Waals surface area contributed by atoms with Gasteiger partial charge in [0.1, 0.15) is 0 Å². The zero-order valence-electron chi connectivity index (χ0n) is 8.49. The summed E-state index contributed by atoms with van der Waals surface area (Å²) in [6.45, 7) is 1.08. The fraction of sp³-hybridized carbons (Fsp3) is 0.400. The first-order chi connectivity index (χ1) is 7.48. The van der Waals surface area contributed by atoms with Crippen LogP contribution in [0.25, 0.3) is 0 Å². The van der Waals surface area contributed by atoms with Crippen molar-refractivity contribution in [2.75, 3.05) is 29.5 Å². The van der Waals surface area contributed by atoms with Crippen molar-refractivity contribution in [3.05, 3.63) is 27.7 Å². The van der Waals surface area contributed by atoms with Gasteiger partial charge in [0.25, 0.3) is 0 Å². The maximum atomic E-state index is 11.3. The van der Waals surface area contributed by atoms with Crippen molar-refractivity contribution in [1.29, 1.82) is 0 Å². The molecule has 1 aromatic carbocycles. The Morgan fingerprint density at radius 3 is 2.44 bits per heavy atom. The number of anilines is 1. The highest BCUT2D eigenvalue weighted by Gasteiger charge is 2.21. The summed E-state index contributed by atoms with van der Waals surface area (Å²) >= 11 is 9.32. The van der Waals surface area contributed by atoms with Gasteiger partial charge in [-0.25, -0.2) is 8.42 Å². The molecule has 88 valence electrons. The monoisotopic (exact) mass is 323 g/mol. The highest BCUT2D eigenvalue weighted by molar-refractivity contribution is 9.10. The normalized spacial score (nSPS) is 19.8. The Bertz CT molecular complexity index is 490. The summed E-state index contributed by atoms with van der Waals surface area (Å²) in [4.78, 5) is 2.04. The van der Waals surface area contributed by atoms with Gasteiger partial charge in [-0.3, -0.25) is 0 Å². The van der Waals surface area contributed by atoms with Gasteiger partial charge in [0.15, 0.2) is 9.84 Å². The third kappa shape index (κ3) is 2.70. The van der Waals surface area contributed by atoms with Crippen LogP contribution in [0.2, 0.25) is 5.02 Å². The largest absolute Gasteiger partial charge is 0.369 e. The molecular weight excluding hydrogens is 314 g/mol. The molecule has 0 unspecified atom stereocenters. The Labute approximate surface area is 108 Å². The molecule has 0 aromatic heterocycles. The van der Waals surface area contributed by atoms with Crippen LogP contribution in [0.15, 0.2) is 22.7 Å². The highest BCUT2D eigenvalue weighted by Crippen LogP contribution is 2.28. The number of nitrogens with zero attached hydrogens (tertiary/aromatic N) is 1. The van der Waals surface area contributed by atoms with E-state index in [0.717, 1.165) is 10.2 Å². The van der Waals surface area contributed by atoms with E-state index in [1.807, 2.05) is 23.1 Å². The topological polar surface area (TPSA) is 37.4 Å². The van der Waals surface area contributed by atoms with Crippen molar-refractivity contribution in [3.8, 4) is 0 Å². The Balaban J connectivity index is 2.17. The molecule has 1 aliphatic rings. The Hall–Kier alpha value is -0.260. The van der Waals surface area contributed by atoms with E-state index in [0.29, 0.717) is 18.1 Å². The summed E-state index contributed by atoms with van der Waals surface area (Å²) in [7, 11) is -2.83. The van der Waals surface area contributed by atoms with Gasteiger partial charge in [-0.15, -0.1) is 0 Å². The molecule has 0 bridgehead atoms. The summed E-state index contributed by atoms with van der Waals surface area (Å²) in [6, 6.07) is 5.66. The average Bonchev–Trinajstić information content (AvgIpc) is 2.22. The fourth-order valence-electron chi connectivity index (χ4n) is 1.65. The minimum Gasteiger partial charge on any atom is -0.369 e. The smallest absolute Gasteiger partial charge is 0.153 e. The molecular formula is C10H11BrClNO2S. The van der Waals surface area contributed by atoms with Crippen LogP contribution in [0, 0.1) is 0 Å². The van der Waals surface area contributed by atoms with Gasteiger partial charge >= 0.3 is 0 Å². The number of halogens is 2. The molecule has 0 amide bonds. The quantitative estimate of drug-likeness (QED) is 0.796. The van der Waals surface area contributed by atoms with Crippen LogP contribution in [-0.2, 0) is 9.84 Å². The van der Waals surface area contributed by atoms with Gasteiger partial charge in [-0.1, -0.05) is 11.6 Å². The lowest BCUT2D eigenvalue weighted by atomic mass is 10.3. The lowest BCUT2D eigenvalue weighted by Crippen LogP contribution is -2.40. The number of sulfone groups is 1. The van der Waals surface area contributed by atoms with Crippen molar-refractivity contribution in [2.45, 2.75) is 0 Å². The van der Waals surface area contributed by atoms with Crippen LogP contribution in [0.1, 0.15) is 0 Å². The van der Waals surface area contributed by atoms with E-state index < -0.39 is 9.84 Å². The fourth-order valence-corrected chi connectivity index (χ4v) is 3.28. The van der Waals surface area contributed by atoms with E-state index in [-0.39, 0.29) is 11.5 Å². The van der Waals surface area contributed by atoms with Crippen LogP contribution in [0.3, 0.4) is 0 Å². The molecule has 2 rings (SSSR count). The molecule has 6 heteroatoms. The minimum atomic E-state index is -2.83. The minimum absolute atomic E-state index is 0.223. The van der Waals surface area contributed by atoms with Crippen LogP contribution in [0.5, 0.6) is 0 Å². The van der Waals surface area contributed by atoms with E-state index in [9.17, 15) is 8.42 Å². The first-order valence-corrected chi connectivity index (χ1v) is 7.88. The maximum Gasteiger partial charge on any atom is 0.153 e. The molecule has 0 saturated carbocycles. The third-order valence-corrected chi connectivity index (χ3v) is 5.45. The van der Waals surface area contributed by atoms with Gasteiger partial charge in [-0.05, 0) is 34.1 Å². The number of hydrogen-bond donors (Lipinski definition) is 0. The molecule has 1 fully saturated rings. The summed E-state index contributed by atoms with van der Waals surface area (Å²) < 4.78 is 23.4. The molecule has 0 atom stereocenters. The van der Waals surface area contributed by atoms with E-state index >= 15 is 0 Å². The Morgan fingerprint density at radius 2 is 1.88 bits per heavy atom. The number of hydrogen-bond acceptors (Lipinski definition) is 3. The van der Waals surface area contributed by atoms with Gasteiger partial charge < -0.3 is 4.90 Å². The molecule has 1 aromatic rings. The van der Waals surface area contributed by atoms with Gasteiger partial charge in [0.05, 0.1) is 16.5 Å². The lowest BCUT2D eigenvalue weighted by Gasteiger charge is -2.28. The van der Waals surface area contributed by atoms with E-state index in [4.69, 9.17) is 11.6 Å². The highest BCUT2D eigenvalue weighted by atomic mass is 79.9. The lowest BCUT2D eigenvalue weighted by molar-refractivity contribution is 0.587. The first kappa shape index (κ1) is 12.2. The second-order valence-electron chi connectivity index (χ2n) is 3.74. The van der Waals surface area contributed by atoms with E-state index in [1.54, 1.807) is 0 Å². The SMILES string of the molecule is O=S1(=O)CCN(c2ccc(Br)c(Cl)c2)CC1. The van der Waals surface area contributed by atoms with Gasteiger partial charge in [0.2, 0.25) is 0 Å². The molecule has 1 saturated heterocycles. The van der Waals surface area contributed by atoms with E-state index in [2.05, 4.69) is 15.9 Å². The third-order valence-electron chi connectivity index (χ3n) is 2.61. The summed E-state index contributed by atoms with van der Waals surface area (Å²) in [5.41, 5.74) is 0.975. The second kappa shape index (κ2) is 4.55. The standard InChI is InChI=1S/C10H11BrClNO2S/c11-9-2-1-8(7-10(9)12)13-3-5-16(14,15)6-4-13/h1-2,7H,3-6H2. The second-order valence-corrected chi connectivity index (χ2v) is 7.30. The van der Waals surface area contributed by atoms with Gasteiger partial charge in [-0.2, -0.15) is 0 Å². The molecule has 0 radical (unpaired) electrons. The molecule has 0 aliphatic carbocycles. The molecule has 1 aliphatic heterocycles. The zero-order valence-corrected chi connectivity index (χ0v) is 11.6. The van der Waals surface area contributed by atoms with Crippen molar-refractivity contribution < 1.29 is 8.42 Å². The summed E-state index contributed by atoms with van der Waals surface area (Å²) in [5.74, 6) is 0.446. The van der Waals surface area contributed by atoms with Gasteiger partial charge in [0, 0.05) is 23.2 Å². The molecule has 0 N–H and O–H groups in total. The number of benzene rings is 1. The van der Waals surface area contributed by atoms with Crippen LogP contribution in [-0.4, -0.2) is 33.0 Å². The molecule has 0 spiro atoms. The zero-order chi connectivity index (χ0) is 11.8.